The van der Waals surface area contributed by atoms with Gasteiger partial charge in [-0.25, -0.2) is 4.98 Å². The standard InChI is InChI=1S/C19H21N7O/c1-3-5-15-11-17(27)26-19(21-15)22-18(24-26)20-12-13-6-4-7-14(10-13)16-8-9-25(2)23-16/h4,6-11H,3,5,12H2,1-2H3,(H2,20,21,22,24). The van der Waals surface area contributed by atoms with Crippen molar-refractivity contribution in [1.82, 2.24) is 29.4 Å². The molecule has 4 rings (SSSR count). The maximum absolute atomic E-state index is 12.2. The molecule has 0 spiro atoms. The quantitative estimate of drug-likeness (QED) is 0.549. The third kappa shape index (κ3) is 3.59. The van der Waals surface area contributed by atoms with Gasteiger partial charge < -0.3 is 5.32 Å². The van der Waals surface area contributed by atoms with Gasteiger partial charge in [-0.05, 0) is 24.1 Å². The topological polar surface area (TPSA) is 92.9 Å². The van der Waals surface area contributed by atoms with Gasteiger partial charge in [0.1, 0.15) is 0 Å². The summed E-state index contributed by atoms with van der Waals surface area (Å²) in [5, 5.41) is 10.6. The van der Waals surface area contributed by atoms with Gasteiger partial charge in [-0.2, -0.15) is 14.6 Å². The number of rotatable bonds is 6. The molecule has 0 bridgehead atoms. The second-order valence-electron chi connectivity index (χ2n) is 6.47. The number of aryl methyl sites for hydroxylation is 2. The van der Waals surface area contributed by atoms with Crippen molar-refractivity contribution < 1.29 is 0 Å². The van der Waals surface area contributed by atoms with Gasteiger partial charge in [-0.1, -0.05) is 31.5 Å². The Hall–Kier alpha value is -3.42. The maximum Gasteiger partial charge on any atom is 0.274 e. The molecule has 0 aliphatic rings. The SMILES string of the molecule is CCCc1cc(=O)n2[nH]c(NCc3cccc(-c4ccn(C)n4)c3)nc2n1. The summed E-state index contributed by atoms with van der Waals surface area (Å²) >= 11 is 0. The number of fused-ring (bicyclic) bond motifs is 1. The minimum atomic E-state index is -0.152. The predicted octanol–water partition coefficient (Wildman–Crippen LogP) is 2.38. The normalized spacial score (nSPS) is 11.2. The highest BCUT2D eigenvalue weighted by molar-refractivity contribution is 5.59. The van der Waals surface area contributed by atoms with Crippen molar-refractivity contribution in [2.75, 3.05) is 5.32 Å². The average molecular weight is 363 g/mol. The van der Waals surface area contributed by atoms with Crippen molar-refractivity contribution in [1.29, 1.82) is 0 Å². The smallest absolute Gasteiger partial charge is 0.274 e. The molecule has 3 aromatic heterocycles. The van der Waals surface area contributed by atoms with Crippen molar-refractivity contribution in [3.8, 4) is 11.3 Å². The van der Waals surface area contributed by atoms with E-state index < -0.39 is 0 Å². The fourth-order valence-electron chi connectivity index (χ4n) is 2.99. The van der Waals surface area contributed by atoms with Crippen molar-refractivity contribution in [2.24, 2.45) is 7.05 Å². The first-order chi connectivity index (χ1) is 13.1. The van der Waals surface area contributed by atoms with Crippen LogP contribution in [0.2, 0.25) is 0 Å². The molecule has 4 aromatic rings. The molecule has 0 amide bonds. The Kier molecular flexibility index (Phi) is 4.45. The summed E-state index contributed by atoms with van der Waals surface area (Å²) < 4.78 is 3.14. The first kappa shape index (κ1) is 17.0. The van der Waals surface area contributed by atoms with E-state index in [0.29, 0.717) is 18.3 Å². The first-order valence-electron chi connectivity index (χ1n) is 8.94. The van der Waals surface area contributed by atoms with Crippen LogP contribution in [0.4, 0.5) is 5.95 Å². The Bertz CT molecular complexity index is 1140. The number of hydrogen-bond acceptors (Lipinski definition) is 5. The zero-order chi connectivity index (χ0) is 18.8. The molecule has 1 aromatic carbocycles. The molecule has 0 aliphatic carbocycles. The van der Waals surface area contributed by atoms with E-state index in [0.717, 1.165) is 35.4 Å². The molecular weight excluding hydrogens is 342 g/mol. The maximum atomic E-state index is 12.2. The lowest BCUT2D eigenvalue weighted by atomic mass is 10.1. The lowest BCUT2D eigenvalue weighted by Gasteiger charge is -2.04. The van der Waals surface area contributed by atoms with E-state index in [-0.39, 0.29) is 5.56 Å². The molecule has 3 heterocycles. The Labute approximate surface area is 155 Å². The summed E-state index contributed by atoms with van der Waals surface area (Å²) in [5.74, 6) is 0.896. The van der Waals surface area contributed by atoms with Gasteiger partial charge in [-0.15, -0.1) is 0 Å². The van der Waals surface area contributed by atoms with Gasteiger partial charge in [0.25, 0.3) is 11.3 Å². The van der Waals surface area contributed by atoms with E-state index in [1.165, 1.54) is 4.52 Å². The summed E-state index contributed by atoms with van der Waals surface area (Å²) in [6.07, 6.45) is 3.62. The van der Waals surface area contributed by atoms with Crippen LogP contribution in [0.25, 0.3) is 17.0 Å². The monoisotopic (exact) mass is 363 g/mol. The summed E-state index contributed by atoms with van der Waals surface area (Å²) in [6, 6.07) is 11.7. The molecule has 0 unspecified atom stereocenters. The number of H-pyrrole nitrogens is 1. The van der Waals surface area contributed by atoms with Crippen LogP contribution >= 0.6 is 0 Å². The van der Waals surface area contributed by atoms with Gasteiger partial charge in [0, 0.05) is 31.4 Å². The van der Waals surface area contributed by atoms with Gasteiger partial charge in [-0.3, -0.25) is 14.6 Å². The summed E-state index contributed by atoms with van der Waals surface area (Å²) in [6.45, 7) is 2.62. The Morgan fingerprint density at radius 3 is 2.85 bits per heavy atom. The molecule has 0 atom stereocenters. The number of benzene rings is 1. The zero-order valence-electron chi connectivity index (χ0n) is 15.3. The predicted molar refractivity (Wildman–Crippen MR) is 104 cm³/mol. The third-order valence-electron chi connectivity index (χ3n) is 4.29. The molecule has 0 fully saturated rings. The molecule has 8 nitrogen and oxygen atoms in total. The highest BCUT2D eigenvalue weighted by Gasteiger charge is 2.08. The van der Waals surface area contributed by atoms with Crippen molar-refractivity contribution in [3.63, 3.8) is 0 Å². The molecule has 2 N–H and O–H groups in total. The van der Waals surface area contributed by atoms with Crippen LogP contribution in [-0.4, -0.2) is 29.4 Å². The lowest BCUT2D eigenvalue weighted by Crippen LogP contribution is -2.15. The highest BCUT2D eigenvalue weighted by Crippen LogP contribution is 2.18. The van der Waals surface area contributed by atoms with Crippen molar-refractivity contribution in [3.05, 3.63) is 64.2 Å². The largest absolute Gasteiger partial charge is 0.351 e. The second kappa shape index (κ2) is 7.06. The molecule has 27 heavy (non-hydrogen) atoms. The van der Waals surface area contributed by atoms with Gasteiger partial charge in [0.15, 0.2) is 0 Å². The van der Waals surface area contributed by atoms with E-state index in [1.54, 1.807) is 10.7 Å². The van der Waals surface area contributed by atoms with Gasteiger partial charge >= 0.3 is 0 Å². The fraction of sp³-hybridized carbons (Fsp3) is 0.263. The number of anilines is 1. The van der Waals surface area contributed by atoms with E-state index >= 15 is 0 Å². The summed E-state index contributed by atoms with van der Waals surface area (Å²) in [4.78, 5) is 21.0. The number of hydrogen-bond donors (Lipinski definition) is 2. The Morgan fingerprint density at radius 2 is 2.07 bits per heavy atom. The van der Waals surface area contributed by atoms with E-state index in [1.807, 2.05) is 37.5 Å². The van der Waals surface area contributed by atoms with Crippen LogP contribution in [0, 0.1) is 0 Å². The lowest BCUT2D eigenvalue weighted by molar-refractivity contribution is 0.771. The van der Waals surface area contributed by atoms with Crippen LogP contribution in [0.1, 0.15) is 24.6 Å². The van der Waals surface area contributed by atoms with Crippen LogP contribution in [-0.2, 0) is 20.0 Å². The summed E-state index contributed by atoms with van der Waals surface area (Å²) in [7, 11) is 1.90. The number of aromatic nitrogens is 6. The molecule has 8 heteroatoms. The Morgan fingerprint density at radius 1 is 1.19 bits per heavy atom. The van der Waals surface area contributed by atoms with Crippen LogP contribution in [0.3, 0.4) is 0 Å². The molecule has 138 valence electrons. The Balaban J connectivity index is 1.53. The molecular formula is C19H21N7O. The van der Waals surface area contributed by atoms with E-state index in [2.05, 4.69) is 38.5 Å². The molecule has 0 aliphatic heterocycles. The second-order valence-corrected chi connectivity index (χ2v) is 6.47. The van der Waals surface area contributed by atoms with Crippen molar-refractivity contribution in [2.45, 2.75) is 26.3 Å². The van der Waals surface area contributed by atoms with Crippen LogP contribution < -0.4 is 10.9 Å². The third-order valence-corrected chi connectivity index (χ3v) is 4.29. The molecule has 0 saturated carbocycles. The van der Waals surface area contributed by atoms with Gasteiger partial charge in [0.05, 0.1) is 11.4 Å². The van der Waals surface area contributed by atoms with E-state index in [9.17, 15) is 4.79 Å². The van der Waals surface area contributed by atoms with Crippen molar-refractivity contribution >= 4 is 11.7 Å². The highest BCUT2D eigenvalue weighted by atomic mass is 16.1. The van der Waals surface area contributed by atoms with Gasteiger partial charge in [0.2, 0.25) is 5.95 Å². The molecule has 0 radical (unpaired) electrons. The fourth-order valence-corrected chi connectivity index (χ4v) is 2.99. The summed E-state index contributed by atoms with van der Waals surface area (Å²) in [5.41, 5.74) is 3.69. The number of aromatic amines is 1. The minimum Gasteiger partial charge on any atom is -0.351 e. The zero-order valence-corrected chi connectivity index (χ0v) is 15.3. The molecule has 0 saturated heterocycles. The van der Waals surface area contributed by atoms with Crippen LogP contribution in [0.5, 0.6) is 0 Å². The number of nitrogens with zero attached hydrogens (tertiary/aromatic N) is 5. The van der Waals surface area contributed by atoms with E-state index in [4.69, 9.17) is 0 Å². The number of nitrogens with one attached hydrogen (secondary N) is 2. The first-order valence-corrected chi connectivity index (χ1v) is 8.94. The minimum absolute atomic E-state index is 0.152. The van der Waals surface area contributed by atoms with Crippen LogP contribution in [0.15, 0.2) is 47.4 Å². The average Bonchev–Trinajstić information content (AvgIpc) is 3.27.